The summed E-state index contributed by atoms with van der Waals surface area (Å²) in [5.41, 5.74) is 2.30. The van der Waals surface area contributed by atoms with Gasteiger partial charge in [-0.3, -0.25) is 10.1 Å². The highest BCUT2D eigenvalue weighted by Gasteiger charge is 2.14. The van der Waals surface area contributed by atoms with Crippen LogP contribution in [0.1, 0.15) is 11.1 Å². The lowest BCUT2D eigenvalue weighted by atomic mass is 10.1. The highest BCUT2D eigenvalue weighted by atomic mass is 79.9. The van der Waals surface area contributed by atoms with E-state index in [2.05, 4.69) is 21.2 Å². The van der Waals surface area contributed by atoms with E-state index >= 15 is 0 Å². The molecule has 2 aromatic carbocycles. The Kier molecular flexibility index (Phi) is 4.01. The first-order valence-electron chi connectivity index (χ1n) is 5.73. The van der Waals surface area contributed by atoms with Gasteiger partial charge >= 0.3 is 0 Å². The van der Waals surface area contributed by atoms with Crippen LogP contribution in [0.4, 0.5) is 17.1 Å². The van der Waals surface area contributed by atoms with Crippen molar-refractivity contribution in [1.29, 1.82) is 5.26 Å². The number of hydrogen-bond donors (Lipinski definition) is 1. The van der Waals surface area contributed by atoms with Crippen LogP contribution < -0.4 is 5.32 Å². The Morgan fingerprint density at radius 1 is 1.30 bits per heavy atom. The largest absolute Gasteiger partial charge is 0.354 e. The molecule has 0 heterocycles. The number of nitriles is 1. The highest BCUT2D eigenvalue weighted by Crippen LogP contribution is 2.29. The summed E-state index contributed by atoms with van der Waals surface area (Å²) in [6, 6.07) is 12.0. The number of nitrogens with zero attached hydrogens (tertiary/aromatic N) is 2. The first kappa shape index (κ1) is 14.0. The van der Waals surface area contributed by atoms with Gasteiger partial charge in [0, 0.05) is 16.2 Å². The molecule has 0 saturated carbocycles. The first-order valence-corrected chi connectivity index (χ1v) is 6.52. The van der Waals surface area contributed by atoms with Gasteiger partial charge in [0.05, 0.1) is 10.6 Å². The van der Waals surface area contributed by atoms with Crippen molar-refractivity contribution >= 4 is 33.0 Å². The molecule has 5 nitrogen and oxygen atoms in total. The quantitative estimate of drug-likeness (QED) is 0.672. The SMILES string of the molecule is Cc1ccc(Nc2ccc(C#N)c([N+](=O)[O-])c2)c(Br)c1. The molecule has 0 spiro atoms. The van der Waals surface area contributed by atoms with Crippen molar-refractivity contribution in [2.45, 2.75) is 6.92 Å². The molecule has 6 heteroatoms. The van der Waals surface area contributed by atoms with E-state index in [1.807, 2.05) is 31.2 Å². The fourth-order valence-corrected chi connectivity index (χ4v) is 2.32. The maximum absolute atomic E-state index is 10.9. The predicted molar refractivity (Wildman–Crippen MR) is 80.0 cm³/mol. The second-order valence-electron chi connectivity index (χ2n) is 4.21. The van der Waals surface area contributed by atoms with Crippen LogP contribution in [-0.2, 0) is 0 Å². The van der Waals surface area contributed by atoms with Gasteiger partial charge in [0.1, 0.15) is 11.6 Å². The van der Waals surface area contributed by atoms with Gasteiger partial charge in [-0.15, -0.1) is 0 Å². The van der Waals surface area contributed by atoms with Crippen molar-refractivity contribution in [2.75, 3.05) is 5.32 Å². The van der Waals surface area contributed by atoms with Gasteiger partial charge in [-0.2, -0.15) is 5.26 Å². The molecule has 0 aromatic heterocycles. The zero-order valence-corrected chi connectivity index (χ0v) is 12.1. The van der Waals surface area contributed by atoms with Crippen LogP contribution in [0.3, 0.4) is 0 Å². The average Bonchev–Trinajstić information content (AvgIpc) is 2.41. The summed E-state index contributed by atoms with van der Waals surface area (Å²) < 4.78 is 0.865. The van der Waals surface area contributed by atoms with E-state index in [1.54, 1.807) is 6.07 Å². The Bertz CT molecular complexity index is 723. The fourth-order valence-electron chi connectivity index (χ4n) is 1.73. The van der Waals surface area contributed by atoms with Gasteiger partial charge in [-0.1, -0.05) is 6.07 Å². The molecule has 0 aliphatic heterocycles. The van der Waals surface area contributed by atoms with Crippen LogP contribution in [0.15, 0.2) is 40.9 Å². The molecular formula is C14H10BrN3O2. The minimum absolute atomic E-state index is 0.0449. The topological polar surface area (TPSA) is 79.0 Å². The van der Waals surface area contributed by atoms with E-state index in [1.165, 1.54) is 12.1 Å². The zero-order valence-electron chi connectivity index (χ0n) is 10.6. The van der Waals surface area contributed by atoms with Gasteiger partial charge in [0.2, 0.25) is 0 Å². The van der Waals surface area contributed by atoms with Crippen molar-refractivity contribution in [3.8, 4) is 6.07 Å². The Morgan fingerprint density at radius 2 is 2.05 bits per heavy atom. The smallest absolute Gasteiger partial charge is 0.289 e. The molecule has 0 bridgehead atoms. The van der Waals surface area contributed by atoms with E-state index in [0.717, 1.165) is 15.7 Å². The summed E-state index contributed by atoms with van der Waals surface area (Å²) >= 11 is 3.43. The minimum atomic E-state index is -0.562. The molecule has 0 atom stereocenters. The molecule has 20 heavy (non-hydrogen) atoms. The van der Waals surface area contributed by atoms with E-state index in [-0.39, 0.29) is 11.3 Å². The Labute approximate surface area is 124 Å². The number of nitro benzene ring substituents is 1. The zero-order chi connectivity index (χ0) is 14.7. The van der Waals surface area contributed by atoms with Crippen LogP contribution in [0.25, 0.3) is 0 Å². The second-order valence-corrected chi connectivity index (χ2v) is 5.06. The van der Waals surface area contributed by atoms with Gasteiger partial charge < -0.3 is 5.32 Å². The molecule has 0 aliphatic rings. The first-order chi connectivity index (χ1) is 9.51. The van der Waals surface area contributed by atoms with Gasteiger partial charge in [-0.25, -0.2) is 0 Å². The van der Waals surface area contributed by atoms with Gasteiger partial charge in [0.15, 0.2) is 0 Å². The number of hydrogen-bond acceptors (Lipinski definition) is 4. The average molecular weight is 332 g/mol. The lowest BCUT2D eigenvalue weighted by Crippen LogP contribution is -1.96. The highest BCUT2D eigenvalue weighted by molar-refractivity contribution is 9.10. The molecule has 0 fully saturated rings. The van der Waals surface area contributed by atoms with Crippen molar-refractivity contribution < 1.29 is 4.92 Å². The van der Waals surface area contributed by atoms with Crippen LogP contribution in [0.5, 0.6) is 0 Å². The number of nitrogens with one attached hydrogen (secondary N) is 1. The number of rotatable bonds is 3. The summed E-state index contributed by atoms with van der Waals surface area (Å²) in [5.74, 6) is 0. The fraction of sp³-hybridized carbons (Fsp3) is 0.0714. The maximum atomic E-state index is 10.9. The number of nitro groups is 1. The molecule has 100 valence electrons. The summed E-state index contributed by atoms with van der Waals surface area (Å²) in [6.07, 6.45) is 0. The van der Waals surface area contributed by atoms with Crippen LogP contribution in [0.2, 0.25) is 0 Å². The summed E-state index contributed by atoms with van der Waals surface area (Å²) in [4.78, 5) is 10.4. The van der Waals surface area contributed by atoms with E-state index in [4.69, 9.17) is 5.26 Å². The summed E-state index contributed by atoms with van der Waals surface area (Å²) in [5, 5.41) is 22.8. The van der Waals surface area contributed by atoms with Gasteiger partial charge in [-0.05, 0) is 52.7 Å². The second kappa shape index (κ2) is 5.72. The van der Waals surface area contributed by atoms with Crippen LogP contribution in [0, 0.1) is 28.4 Å². The lowest BCUT2D eigenvalue weighted by Gasteiger charge is -2.09. The standard InChI is InChI=1S/C14H10BrN3O2/c1-9-2-5-13(12(15)6-9)17-11-4-3-10(8-16)14(7-11)18(19)20/h2-7,17H,1H3. The van der Waals surface area contributed by atoms with Crippen molar-refractivity contribution in [3.05, 3.63) is 62.1 Å². The van der Waals surface area contributed by atoms with Crippen molar-refractivity contribution in [1.82, 2.24) is 0 Å². The van der Waals surface area contributed by atoms with Crippen molar-refractivity contribution in [3.63, 3.8) is 0 Å². The lowest BCUT2D eigenvalue weighted by molar-refractivity contribution is -0.385. The molecule has 2 rings (SSSR count). The Hall–Kier alpha value is -2.39. The molecule has 0 saturated heterocycles. The number of anilines is 2. The van der Waals surface area contributed by atoms with Crippen LogP contribution >= 0.6 is 15.9 Å². The molecular weight excluding hydrogens is 322 g/mol. The molecule has 1 N–H and O–H groups in total. The van der Waals surface area contributed by atoms with Gasteiger partial charge in [0.25, 0.3) is 5.69 Å². The van der Waals surface area contributed by atoms with E-state index in [9.17, 15) is 10.1 Å². The number of halogens is 1. The minimum Gasteiger partial charge on any atom is -0.354 e. The summed E-state index contributed by atoms with van der Waals surface area (Å²) in [7, 11) is 0. The third-order valence-electron chi connectivity index (χ3n) is 2.72. The van der Waals surface area contributed by atoms with Crippen LogP contribution in [-0.4, -0.2) is 4.92 Å². The molecule has 0 aliphatic carbocycles. The third-order valence-corrected chi connectivity index (χ3v) is 3.37. The number of benzene rings is 2. The molecule has 0 radical (unpaired) electrons. The monoisotopic (exact) mass is 331 g/mol. The normalized spacial score (nSPS) is 9.85. The molecule has 0 unspecified atom stereocenters. The summed E-state index contributed by atoms with van der Waals surface area (Å²) in [6.45, 7) is 1.97. The molecule has 0 amide bonds. The predicted octanol–water partition coefficient (Wildman–Crippen LogP) is 4.28. The Balaban J connectivity index is 2.37. The Morgan fingerprint density at radius 3 is 2.65 bits per heavy atom. The number of aryl methyl sites for hydroxylation is 1. The van der Waals surface area contributed by atoms with Crippen molar-refractivity contribution in [2.24, 2.45) is 0 Å². The van der Waals surface area contributed by atoms with E-state index < -0.39 is 4.92 Å². The molecule has 2 aromatic rings. The van der Waals surface area contributed by atoms with E-state index in [0.29, 0.717) is 5.69 Å². The maximum Gasteiger partial charge on any atom is 0.289 e. The third kappa shape index (κ3) is 2.95.